The van der Waals surface area contributed by atoms with Crippen LogP contribution in [0.3, 0.4) is 0 Å². The lowest BCUT2D eigenvalue weighted by Gasteiger charge is -2.27. The first-order valence-corrected chi connectivity index (χ1v) is 7.89. The molecule has 2 aliphatic rings. The molecule has 0 aromatic heterocycles. The van der Waals surface area contributed by atoms with Crippen LogP contribution in [0.4, 0.5) is 0 Å². The van der Waals surface area contributed by atoms with E-state index in [1.807, 2.05) is 12.1 Å². The fourth-order valence-corrected chi connectivity index (χ4v) is 4.12. The topological polar surface area (TPSA) is 32.3 Å². The van der Waals surface area contributed by atoms with Crippen molar-refractivity contribution in [2.45, 2.75) is 53.0 Å². The van der Waals surface area contributed by atoms with E-state index in [4.69, 9.17) is 0 Å². The van der Waals surface area contributed by atoms with Crippen molar-refractivity contribution in [3.8, 4) is 5.75 Å². The molecule has 1 aromatic carbocycles. The largest absolute Gasteiger partial charge is 0.508 e. The molecule has 1 saturated carbocycles. The molecule has 0 amide bonds. The molecule has 1 aromatic rings. The van der Waals surface area contributed by atoms with E-state index >= 15 is 0 Å². The zero-order valence-corrected chi connectivity index (χ0v) is 13.2. The van der Waals surface area contributed by atoms with Gasteiger partial charge in [0.25, 0.3) is 0 Å². The van der Waals surface area contributed by atoms with E-state index in [1.54, 1.807) is 0 Å². The van der Waals surface area contributed by atoms with Gasteiger partial charge in [0.1, 0.15) is 5.75 Å². The summed E-state index contributed by atoms with van der Waals surface area (Å²) in [5.74, 6) is 1.16. The first-order valence-electron chi connectivity index (χ1n) is 7.89. The van der Waals surface area contributed by atoms with E-state index in [-0.39, 0.29) is 0 Å². The van der Waals surface area contributed by atoms with Gasteiger partial charge in [-0.15, -0.1) is 0 Å². The number of fused-ring (bicyclic) bond motifs is 1. The Hall–Kier alpha value is -1.02. The Morgan fingerprint density at radius 2 is 1.90 bits per heavy atom. The lowest BCUT2D eigenvalue weighted by atomic mass is 9.87. The molecule has 0 spiro atoms. The zero-order chi connectivity index (χ0) is 14.5. The summed E-state index contributed by atoms with van der Waals surface area (Å²) in [5.41, 5.74) is 3.62. The van der Waals surface area contributed by atoms with Crippen molar-refractivity contribution in [1.29, 1.82) is 0 Å². The number of phenols is 1. The molecule has 1 unspecified atom stereocenters. The minimum atomic E-state index is 0.397. The highest BCUT2D eigenvalue weighted by Crippen LogP contribution is 2.68. The van der Waals surface area contributed by atoms with E-state index in [2.05, 4.69) is 39.1 Å². The standard InChI is InChI=1S/C18H27NO/c1-17(2)16(18(17,3)4)11-19-15-7-5-6-12-10-13(20)8-9-14(12)15/h8-10,15-16,19-20H,5-7,11H2,1-4H3. The maximum Gasteiger partial charge on any atom is 0.115 e. The molecule has 0 aliphatic heterocycles. The smallest absolute Gasteiger partial charge is 0.115 e. The molecule has 0 heterocycles. The van der Waals surface area contributed by atoms with Crippen LogP contribution < -0.4 is 5.32 Å². The normalized spacial score (nSPS) is 27.1. The molecule has 1 atom stereocenters. The third-order valence-corrected chi connectivity index (χ3v) is 6.33. The molecule has 0 radical (unpaired) electrons. The van der Waals surface area contributed by atoms with Crippen LogP contribution in [-0.2, 0) is 6.42 Å². The molecule has 20 heavy (non-hydrogen) atoms. The van der Waals surface area contributed by atoms with Crippen molar-refractivity contribution in [2.75, 3.05) is 6.54 Å². The predicted octanol–water partition coefficient (Wildman–Crippen LogP) is 4.04. The Bertz CT molecular complexity index is 504. The van der Waals surface area contributed by atoms with Gasteiger partial charge in [-0.05, 0) is 65.8 Å². The average Bonchev–Trinajstić information content (AvgIpc) is 2.76. The van der Waals surface area contributed by atoms with Crippen molar-refractivity contribution >= 4 is 0 Å². The second-order valence-corrected chi connectivity index (χ2v) is 7.73. The lowest BCUT2D eigenvalue weighted by Crippen LogP contribution is -2.28. The Kier molecular flexibility index (Phi) is 3.13. The van der Waals surface area contributed by atoms with Gasteiger partial charge in [0.15, 0.2) is 0 Å². The Morgan fingerprint density at radius 1 is 1.20 bits per heavy atom. The summed E-state index contributed by atoms with van der Waals surface area (Å²) in [6.07, 6.45) is 3.53. The summed E-state index contributed by atoms with van der Waals surface area (Å²) in [7, 11) is 0. The fraction of sp³-hybridized carbons (Fsp3) is 0.667. The predicted molar refractivity (Wildman–Crippen MR) is 82.8 cm³/mol. The van der Waals surface area contributed by atoms with Gasteiger partial charge in [-0.2, -0.15) is 0 Å². The zero-order valence-electron chi connectivity index (χ0n) is 13.2. The van der Waals surface area contributed by atoms with Crippen LogP contribution in [0.15, 0.2) is 18.2 Å². The van der Waals surface area contributed by atoms with Gasteiger partial charge in [-0.1, -0.05) is 33.8 Å². The number of hydrogen-bond donors (Lipinski definition) is 2. The van der Waals surface area contributed by atoms with Crippen molar-refractivity contribution in [3.63, 3.8) is 0 Å². The summed E-state index contributed by atoms with van der Waals surface area (Å²) in [4.78, 5) is 0. The van der Waals surface area contributed by atoms with Gasteiger partial charge in [-0.3, -0.25) is 0 Å². The number of hydrogen-bond acceptors (Lipinski definition) is 2. The SMILES string of the molecule is CC1(C)C(CNC2CCCc3cc(O)ccc32)C1(C)C. The Labute approximate surface area is 122 Å². The fourth-order valence-electron chi connectivity index (χ4n) is 4.12. The van der Waals surface area contributed by atoms with Crippen LogP contribution in [0, 0.1) is 16.7 Å². The number of aryl methyl sites for hydroxylation is 1. The van der Waals surface area contributed by atoms with Crippen LogP contribution in [0.1, 0.15) is 57.7 Å². The number of rotatable bonds is 3. The minimum Gasteiger partial charge on any atom is -0.508 e. The Balaban J connectivity index is 1.69. The van der Waals surface area contributed by atoms with Crippen molar-refractivity contribution in [2.24, 2.45) is 16.7 Å². The summed E-state index contributed by atoms with van der Waals surface area (Å²) < 4.78 is 0. The van der Waals surface area contributed by atoms with E-state index < -0.39 is 0 Å². The lowest BCUT2D eigenvalue weighted by molar-refractivity contribution is 0.422. The number of benzene rings is 1. The molecule has 2 aliphatic carbocycles. The molecule has 0 bridgehead atoms. The van der Waals surface area contributed by atoms with Crippen LogP contribution >= 0.6 is 0 Å². The van der Waals surface area contributed by atoms with Gasteiger partial charge in [0, 0.05) is 6.04 Å². The summed E-state index contributed by atoms with van der Waals surface area (Å²) in [5, 5.41) is 13.4. The molecule has 3 rings (SSSR count). The van der Waals surface area contributed by atoms with Gasteiger partial charge in [0.2, 0.25) is 0 Å². The van der Waals surface area contributed by atoms with Crippen molar-refractivity contribution in [3.05, 3.63) is 29.3 Å². The van der Waals surface area contributed by atoms with Gasteiger partial charge in [0.05, 0.1) is 0 Å². The molecule has 110 valence electrons. The maximum absolute atomic E-state index is 9.62. The third-order valence-electron chi connectivity index (χ3n) is 6.33. The molecular weight excluding hydrogens is 246 g/mol. The average molecular weight is 273 g/mol. The van der Waals surface area contributed by atoms with Crippen LogP contribution in [0.25, 0.3) is 0 Å². The molecule has 1 fully saturated rings. The quantitative estimate of drug-likeness (QED) is 0.871. The molecule has 2 N–H and O–H groups in total. The number of phenolic OH excluding ortho intramolecular Hbond substituents is 1. The van der Waals surface area contributed by atoms with Crippen LogP contribution in [0.5, 0.6) is 5.75 Å². The van der Waals surface area contributed by atoms with E-state index in [0.717, 1.165) is 18.9 Å². The third kappa shape index (κ3) is 2.05. The van der Waals surface area contributed by atoms with Crippen molar-refractivity contribution in [1.82, 2.24) is 5.32 Å². The highest BCUT2D eigenvalue weighted by atomic mass is 16.3. The summed E-state index contributed by atoms with van der Waals surface area (Å²) in [6.45, 7) is 10.6. The monoisotopic (exact) mass is 273 g/mol. The molecule has 2 nitrogen and oxygen atoms in total. The first kappa shape index (κ1) is 13.9. The Morgan fingerprint density at radius 3 is 2.55 bits per heavy atom. The molecular formula is C18H27NO. The van der Waals surface area contributed by atoms with Crippen LogP contribution in [0.2, 0.25) is 0 Å². The first-order chi connectivity index (χ1) is 9.34. The van der Waals surface area contributed by atoms with E-state index in [1.165, 1.54) is 24.0 Å². The van der Waals surface area contributed by atoms with Gasteiger partial charge in [-0.25, -0.2) is 0 Å². The van der Waals surface area contributed by atoms with Gasteiger partial charge >= 0.3 is 0 Å². The van der Waals surface area contributed by atoms with Crippen LogP contribution in [-0.4, -0.2) is 11.7 Å². The highest BCUT2D eigenvalue weighted by molar-refractivity contribution is 5.38. The number of nitrogens with one attached hydrogen (secondary N) is 1. The molecule has 0 saturated heterocycles. The number of aromatic hydroxyl groups is 1. The second-order valence-electron chi connectivity index (χ2n) is 7.73. The van der Waals surface area contributed by atoms with E-state index in [0.29, 0.717) is 22.6 Å². The summed E-state index contributed by atoms with van der Waals surface area (Å²) in [6, 6.07) is 6.33. The molecule has 2 heteroatoms. The maximum atomic E-state index is 9.62. The van der Waals surface area contributed by atoms with E-state index in [9.17, 15) is 5.11 Å². The van der Waals surface area contributed by atoms with Gasteiger partial charge < -0.3 is 10.4 Å². The highest BCUT2D eigenvalue weighted by Gasteiger charge is 2.63. The van der Waals surface area contributed by atoms with Crippen molar-refractivity contribution < 1.29 is 5.11 Å². The second kappa shape index (κ2) is 4.49. The summed E-state index contributed by atoms with van der Waals surface area (Å²) >= 11 is 0. The minimum absolute atomic E-state index is 0.397.